The number of aryl methyl sites for hydroxylation is 1. The fourth-order valence-electron chi connectivity index (χ4n) is 1.46. The quantitative estimate of drug-likeness (QED) is 0.806. The van der Waals surface area contributed by atoms with E-state index in [1.54, 1.807) is 6.20 Å². The lowest BCUT2D eigenvalue weighted by Crippen LogP contribution is -2.11. The Morgan fingerprint density at radius 1 is 1.25 bits per heavy atom. The van der Waals surface area contributed by atoms with Gasteiger partial charge in [0.2, 0.25) is 0 Å². The lowest BCUT2D eigenvalue weighted by atomic mass is 10.1. The number of aromatic nitrogens is 2. The molecule has 0 fully saturated rings. The number of H-pyrrole nitrogens is 1. The molecule has 3 nitrogen and oxygen atoms in total. The van der Waals surface area contributed by atoms with Crippen LogP contribution in [0.4, 0.5) is 0 Å². The van der Waals surface area contributed by atoms with Gasteiger partial charge >= 0.3 is 0 Å². The molecule has 0 saturated heterocycles. The van der Waals surface area contributed by atoms with Crippen LogP contribution < -0.4 is 5.56 Å². The summed E-state index contributed by atoms with van der Waals surface area (Å²) in [4.78, 5) is 13.6. The molecule has 1 aromatic heterocycles. The van der Waals surface area contributed by atoms with Gasteiger partial charge in [0.05, 0.1) is 0 Å². The van der Waals surface area contributed by atoms with E-state index in [1.807, 2.05) is 4.57 Å². The van der Waals surface area contributed by atoms with Crippen molar-refractivity contribution in [3.63, 3.8) is 0 Å². The first-order valence-electron chi connectivity index (χ1n) is 5.00. The second-order valence-corrected chi connectivity index (χ2v) is 4.11. The maximum atomic E-state index is 11.0. The lowest BCUT2D eigenvalue weighted by molar-refractivity contribution is 0.745. The van der Waals surface area contributed by atoms with E-state index in [1.165, 1.54) is 11.6 Å². The Morgan fingerprint density at radius 2 is 1.94 bits per heavy atom. The average Bonchev–Trinajstić information content (AvgIpc) is 2.25. The van der Waals surface area contributed by atoms with E-state index in [-0.39, 0.29) is 5.56 Å². The molecule has 0 atom stereocenters. The van der Waals surface area contributed by atoms with Crippen LogP contribution in [0.2, 0.25) is 0 Å². The van der Waals surface area contributed by atoms with Gasteiger partial charge in [0.25, 0.3) is 5.56 Å². The second kappa shape index (κ2) is 4.45. The first kappa shape index (κ1) is 10.8. The van der Waals surface area contributed by atoms with Crippen LogP contribution in [-0.4, -0.2) is 9.55 Å². The van der Waals surface area contributed by atoms with E-state index in [4.69, 9.17) is 12.2 Å². The molecule has 2 rings (SSSR count). The zero-order valence-corrected chi connectivity index (χ0v) is 9.75. The maximum Gasteiger partial charge on any atom is 0.251 e. The van der Waals surface area contributed by atoms with Crippen molar-refractivity contribution in [1.29, 1.82) is 0 Å². The van der Waals surface area contributed by atoms with Crippen molar-refractivity contribution in [3.05, 3.63) is 62.8 Å². The molecule has 0 saturated carbocycles. The number of rotatable bonds is 2. The van der Waals surface area contributed by atoms with Crippen LogP contribution in [0, 0.1) is 11.7 Å². The molecule has 0 aliphatic carbocycles. The highest BCUT2D eigenvalue weighted by Gasteiger charge is 1.96. The van der Waals surface area contributed by atoms with Crippen molar-refractivity contribution in [1.82, 2.24) is 9.55 Å². The summed E-state index contributed by atoms with van der Waals surface area (Å²) in [5, 5.41) is 0. The molecule has 0 amide bonds. The van der Waals surface area contributed by atoms with E-state index < -0.39 is 0 Å². The summed E-state index contributed by atoms with van der Waals surface area (Å²) in [6.45, 7) is 2.73. The maximum absolute atomic E-state index is 11.0. The highest BCUT2D eigenvalue weighted by molar-refractivity contribution is 7.71. The van der Waals surface area contributed by atoms with Gasteiger partial charge in [-0.05, 0) is 24.7 Å². The van der Waals surface area contributed by atoms with Gasteiger partial charge in [-0.25, -0.2) is 0 Å². The summed E-state index contributed by atoms with van der Waals surface area (Å²) >= 11 is 5.07. The summed E-state index contributed by atoms with van der Waals surface area (Å²) < 4.78 is 2.29. The Kier molecular flexibility index (Phi) is 3.01. The molecule has 16 heavy (non-hydrogen) atoms. The van der Waals surface area contributed by atoms with Crippen molar-refractivity contribution in [3.8, 4) is 0 Å². The van der Waals surface area contributed by atoms with Crippen LogP contribution in [0.3, 0.4) is 0 Å². The predicted octanol–water partition coefficient (Wildman–Crippen LogP) is 2.26. The number of nitrogens with zero attached hydrogens (tertiary/aromatic N) is 1. The van der Waals surface area contributed by atoms with Crippen molar-refractivity contribution in [2.24, 2.45) is 0 Å². The van der Waals surface area contributed by atoms with Gasteiger partial charge in [-0.1, -0.05) is 29.8 Å². The summed E-state index contributed by atoms with van der Waals surface area (Å²) in [6.07, 6.45) is 1.71. The van der Waals surface area contributed by atoms with Crippen LogP contribution in [0.25, 0.3) is 0 Å². The normalized spacial score (nSPS) is 10.3. The van der Waals surface area contributed by atoms with Crippen molar-refractivity contribution < 1.29 is 0 Å². The molecule has 0 spiro atoms. The summed E-state index contributed by atoms with van der Waals surface area (Å²) in [5.41, 5.74) is 2.23. The third-order valence-electron chi connectivity index (χ3n) is 2.37. The molecular formula is C12H12N2OS. The summed E-state index contributed by atoms with van der Waals surface area (Å²) in [7, 11) is 0. The fourth-order valence-corrected chi connectivity index (χ4v) is 1.68. The van der Waals surface area contributed by atoms with E-state index in [9.17, 15) is 4.79 Å². The minimum Gasteiger partial charge on any atom is -0.321 e. The molecule has 4 heteroatoms. The Morgan fingerprint density at radius 3 is 2.56 bits per heavy atom. The molecule has 1 N–H and O–H groups in total. The number of aromatic amines is 1. The number of hydrogen-bond acceptors (Lipinski definition) is 2. The third-order valence-corrected chi connectivity index (χ3v) is 2.71. The van der Waals surface area contributed by atoms with Crippen molar-refractivity contribution >= 4 is 12.2 Å². The van der Waals surface area contributed by atoms with E-state index >= 15 is 0 Å². The van der Waals surface area contributed by atoms with Gasteiger partial charge in [0.1, 0.15) is 0 Å². The highest BCUT2D eigenvalue weighted by atomic mass is 32.1. The molecule has 0 unspecified atom stereocenters. The van der Waals surface area contributed by atoms with Crippen molar-refractivity contribution in [2.75, 3.05) is 0 Å². The minimum absolute atomic E-state index is 0.162. The van der Waals surface area contributed by atoms with Crippen LogP contribution in [-0.2, 0) is 6.54 Å². The topological polar surface area (TPSA) is 37.8 Å². The predicted molar refractivity (Wildman–Crippen MR) is 66.2 cm³/mol. The van der Waals surface area contributed by atoms with E-state index in [0.29, 0.717) is 11.3 Å². The number of nitrogens with one attached hydrogen (secondary N) is 1. The Labute approximate surface area is 98.4 Å². The molecule has 0 aliphatic rings. The monoisotopic (exact) mass is 232 g/mol. The molecule has 1 heterocycles. The van der Waals surface area contributed by atoms with Gasteiger partial charge in [-0.2, -0.15) is 0 Å². The zero-order valence-electron chi connectivity index (χ0n) is 8.93. The fraction of sp³-hybridized carbons (Fsp3) is 0.167. The summed E-state index contributed by atoms with van der Waals surface area (Å²) in [5.74, 6) is 0. The molecular weight excluding hydrogens is 220 g/mol. The molecule has 0 bridgehead atoms. The van der Waals surface area contributed by atoms with Crippen LogP contribution >= 0.6 is 12.2 Å². The second-order valence-electron chi connectivity index (χ2n) is 3.72. The first-order chi connectivity index (χ1) is 7.65. The van der Waals surface area contributed by atoms with Gasteiger partial charge in [0, 0.05) is 18.8 Å². The van der Waals surface area contributed by atoms with Gasteiger partial charge in [-0.15, -0.1) is 0 Å². The molecule has 1 aromatic carbocycles. The molecule has 0 aliphatic heterocycles. The van der Waals surface area contributed by atoms with Crippen LogP contribution in [0.5, 0.6) is 0 Å². The largest absolute Gasteiger partial charge is 0.321 e. The van der Waals surface area contributed by atoms with Crippen LogP contribution in [0.1, 0.15) is 11.1 Å². The minimum atomic E-state index is -0.162. The van der Waals surface area contributed by atoms with Crippen LogP contribution in [0.15, 0.2) is 41.3 Å². The number of hydrogen-bond donors (Lipinski definition) is 1. The molecule has 2 aromatic rings. The number of benzene rings is 1. The highest BCUT2D eigenvalue weighted by Crippen LogP contribution is 2.05. The lowest BCUT2D eigenvalue weighted by Gasteiger charge is -2.06. The zero-order chi connectivity index (χ0) is 11.5. The Bertz CT molecular complexity index is 595. The first-order valence-corrected chi connectivity index (χ1v) is 5.41. The van der Waals surface area contributed by atoms with Gasteiger partial charge in [-0.3, -0.25) is 9.78 Å². The van der Waals surface area contributed by atoms with Gasteiger partial charge < -0.3 is 4.57 Å². The van der Waals surface area contributed by atoms with Crippen molar-refractivity contribution in [2.45, 2.75) is 13.5 Å². The summed E-state index contributed by atoms with van der Waals surface area (Å²) in [6, 6.07) is 9.71. The Hall–Kier alpha value is -1.68. The molecule has 82 valence electrons. The Balaban J connectivity index is 2.30. The standard InChI is InChI=1S/C12H12N2OS/c1-9-2-4-10(5-3-9)8-14-7-6-11(15)13-12(14)16/h2-7H,8H2,1H3,(H,13,15,16). The van der Waals surface area contributed by atoms with E-state index in [0.717, 1.165) is 5.56 Å². The van der Waals surface area contributed by atoms with E-state index in [2.05, 4.69) is 36.2 Å². The third kappa shape index (κ3) is 2.46. The van der Waals surface area contributed by atoms with Gasteiger partial charge in [0.15, 0.2) is 4.77 Å². The smallest absolute Gasteiger partial charge is 0.251 e. The molecule has 0 radical (unpaired) electrons. The SMILES string of the molecule is Cc1ccc(Cn2ccc(=O)[nH]c2=S)cc1. The average molecular weight is 232 g/mol.